The minimum absolute atomic E-state index is 0.0713. The van der Waals surface area contributed by atoms with Gasteiger partial charge in [-0.3, -0.25) is 9.80 Å². The van der Waals surface area contributed by atoms with Gasteiger partial charge in [-0.15, -0.1) is 0 Å². The van der Waals surface area contributed by atoms with Gasteiger partial charge in [0.15, 0.2) is 0 Å². The lowest BCUT2D eigenvalue weighted by Crippen LogP contribution is -2.43. The molecule has 4 rings (SSSR count). The van der Waals surface area contributed by atoms with Gasteiger partial charge in [-0.25, -0.2) is 8.37 Å². The fraction of sp³-hybridized carbons (Fsp3) is 0.727. The number of ether oxygens (including phenoxy) is 6. The Bertz CT molecular complexity index is 1330. The molecule has 0 N–H and O–H groups in total. The van der Waals surface area contributed by atoms with E-state index in [0.717, 1.165) is 52.0 Å². The standard InChI is InChI=1S/C44H72N2O10S/c1-3-5-7-13-23-49-25-27-51-29-31-53-37-43(35-45-21-19-39-15-9-11-17-41(39)33-45)55-57(47,48)56-44(36-46-22-20-40-16-10-12-18-42(40)34-46)38-54-32-30-52-28-26-50-24-14-8-6-4-2/h9-12,15-18,43-44H,3-8,13-14,19-38H2,1-2H3. The Kier molecular flexibility index (Phi) is 24.5. The fourth-order valence-corrected chi connectivity index (χ4v) is 8.09. The quantitative estimate of drug-likeness (QED) is 0.0731. The first-order chi connectivity index (χ1) is 28.0. The molecule has 2 aliphatic rings. The summed E-state index contributed by atoms with van der Waals surface area (Å²) in [6.07, 6.45) is 9.59. The van der Waals surface area contributed by atoms with Crippen molar-refractivity contribution in [1.29, 1.82) is 0 Å². The molecule has 2 unspecified atom stereocenters. The van der Waals surface area contributed by atoms with E-state index in [2.05, 4.69) is 60.0 Å². The Morgan fingerprint density at radius 2 is 0.860 bits per heavy atom. The highest BCUT2D eigenvalue weighted by Gasteiger charge is 2.30. The second-order valence-corrected chi connectivity index (χ2v) is 16.3. The van der Waals surface area contributed by atoms with Crippen molar-refractivity contribution in [3.05, 3.63) is 70.8 Å². The van der Waals surface area contributed by atoms with Crippen LogP contribution in [0.15, 0.2) is 48.5 Å². The highest BCUT2D eigenvalue weighted by molar-refractivity contribution is 7.81. The van der Waals surface area contributed by atoms with Crippen LogP contribution in [0.5, 0.6) is 0 Å². The largest absolute Gasteiger partial charge is 0.400 e. The fourth-order valence-electron chi connectivity index (χ4n) is 7.14. The van der Waals surface area contributed by atoms with Gasteiger partial charge in [0.1, 0.15) is 12.2 Å². The van der Waals surface area contributed by atoms with Crippen molar-refractivity contribution in [1.82, 2.24) is 9.80 Å². The number of unbranched alkanes of at least 4 members (excludes halogenated alkanes) is 6. The van der Waals surface area contributed by atoms with Crippen LogP contribution >= 0.6 is 0 Å². The second-order valence-electron chi connectivity index (χ2n) is 15.1. The number of nitrogens with zero attached hydrogens (tertiary/aromatic N) is 2. The molecule has 2 heterocycles. The SMILES string of the molecule is CCCCCCOCCOCCOCC(CN1CCc2ccccc2C1)OS(=O)(=O)OC(COCCOCCOCCCCCC)CN1CCc2ccccc2C1. The van der Waals surface area contributed by atoms with Crippen LogP contribution in [-0.4, -0.2) is 136 Å². The van der Waals surface area contributed by atoms with Crippen molar-refractivity contribution in [3.63, 3.8) is 0 Å². The molecule has 0 radical (unpaired) electrons. The molecular formula is C44H72N2O10S. The van der Waals surface area contributed by atoms with Crippen molar-refractivity contribution < 1.29 is 45.2 Å². The average molecular weight is 821 g/mol. The summed E-state index contributed by atoms with van der Waals surface area (Å²) in [6, 6.07) is 16.7. The second kappa shape index (κ2) is 29.3. The average Bonchev–Trinajstić information content (AvgIpc) is 3.21. The predicted molar refractivity (Wildman–Crippen MR) is 223 cm³/mol. The Balaban J connectivity index is 1.27. The molecule has 13 heteroatoms. The summed E-state index contributed by atoms with van der Waals surface area (Å²) in [5, 5.41) is 0. The number of benzene rings is 2. The van der Waals surface area contributed by atoms with Gasteiger partial charge in [0.25, 0.3) is 0 Å². The summed E-state index contributed by atoms with van der Waals surface area (Å²) in [6.45, 7) is 13.2. The van der Waals surface area contributed by atoms with Crippen LogP contribution in [0, 0.1) is 0 Å². The van der Waals surface area contributed by atoms with Crippen molar-refractivity contribution in [2.24, 2.45) is 0 Å². The molecular weight excluding hydrogens is 749 g/mol. The summed E-state index contributed by atoms with van der Waals surface area (Å²) in [5.74, 6) is 0. The molecule has 2 atom stereocenters. The van der Waals surface area contributed by atoms with Gasteiger partial charge in [0.05, 0.1) is 66.1 Å². The Labute approximate surface area is 344 Å². The molecule has 324 valence electrons. The number of fused-ring (bicyclic) bond motifs is 2. The lowest BCUT2D eigenvalue weighted by molar-refractivity contribution is -0.0270. The lowest BCUT2D eigenvalue weighted by atomic mass is 10.00. The maximum atomic E-state index is 13.7. The van der Waals surface area contributed by atoms with Crippen LogP contribution in [0.4, 0.5) is 0 Å². The van der Waals surface area contributed by atoms with Gasteiger partial charge in [0, 0.05) is 52.5 Å². The highest BCUT2D eigenvalue weighted by Crippen LogP contribution is 2.22. The van der Waals surface area contributed by atoms with Crippen molar-refractivity contribution in [3.8, 4) is 0 Å². The number of rotatable bonds is 34. The van der Waals surface area contributed by atoms with E-state index in [1.165, 1.54) is 60.8 Å². The van der Waals surface area contributed by atoms with Gasteiger partial charge >= 0.3 is 10.4 Å². The third kappa shape index (κ3) is 20.7. The molecule has 2 aromatic carbocycles. The van der Waals surface area contributed by atoms with E-state index in [0.29, 0.717) is 79.0 Å². The van der Waals surface area contributed by atoms with E-state index in [-0.39, 0.29) is 13.2 Å². The number of hydrogen-bond acceptors (Lipinski definition) is 12. The normalized spacial score (nSPS) is 16.0. The topological polar surface area (TPSA) is 114 Å². The van der Waals surface area contributed by atoms with E-state index < -0.39 is 22.6 Å². The summed E-state index contributed by atoms with van der Waals surface area (Å²) in [4.78, 5) is 4.42. The molecule has 0 spiro atoms. The van der Waals surface area contributed by atoms with Crippen LogP contribution in [0.2, 0.25) is 0 Å². The van der Waals surface area contributed by atoms with E-state index in [1.54, 1.807) is 0 Å². The minimum atomic E-state index is -4.44. The molecule has 0 bridgehead atoms. The predicted octanol–water partition coefficient (Wildman–Crippen LogP) is 6.38. The zero-order valence-corrected chi connectivity index (χ0v) is 35.8. The van der Waals surface area contributed by atoms with Crippen LogP contribution in [0.25, 0.3) is 0 Å². The minimum Gasteiger partial charge on any atom is -0.379 e. The van der Waals surface area contributed by atoms with E-state index >= 15 is 0 Å². The van der Waals surface area contributed by atoms with Gasteiger partial charge in [-0.05, 0) is 47.9 Å². The third-order valence-electron chi connectivity index (χ3n) is 10.2. The molecule has 0 aromatic heterocycles. The van der Waals surface area contributed by atoms with Crippen LogP contribution in [-0.2, 0) is 73.1 Å². The Hall–Kier alpha value is -2.01. The lowest BCUT2D eigenvalue weighted by Gasteiger charge is -2.32. The molecule has 2 aromatic rings. The first kappa shape index (κ1) is 47.7. The first-order valence-corrected chi connectivity index (χ1v) is 22.9. The molecule has 12 nitrogen and oxygen atoms in total. The number of hydrogen-bond donors (Lipinski definition) is 0. The maximum absolute atomic E-state index is 13.7. The van der Waals surface area contributed by atoms with Gasteiger partial charge in [-0.2, -0.15) is 8.42 Å². The van der Waals surface area contributed by atoms with E-state index in [1.807, 2.05) is 12.1 Å². The smallest absolute Gasteiger partial charge is 0.379 e. The Morgan fingerprint density at radius 1 is 0.491 bits per heavy atom. The van der Waals surface area contributed by atoms with E-state index in [4.69, 9.17) is 36.8 Å². The molecule has 0 saturated carbocycles. The van der Waals surface area contributed by atoms with E-state index in [9.17, 15) is 8.42 Å². The summed E-state index contributed by atoms with van der Waals surface area (Å²) >= 11 is 0. The van der Waals surface area contributed by atoms with Gasteiger partial charge < -0.3 is 28.4 Å². The van der Waals surface area contributed by atoms with Crippen molar-refractivity contribution >= 4 is 10.4 Å². The third-order valence-corrected chi connectivity index (χ3v) is 11.2. The van der Waals surface area contributed by atoms with Crippen LogP contribution < -0.4 is 0 Å². The van der Waals surface area contributed by atoms with Crippen LogP contribution in [0.1, 0.15) is 87.5 Å². The highest BCUT2D eigenvalue weighted by atomic mass is 32.3. The summed E-state index contributed by atoms with van der Waals surface area (Å²) in [5.41, 5.74) is 5.12. The summed E-state index contributed by atoms with van der Waals surface area (Å²) < 4.78 is 73.6. The zero-order valence-electron chi connectivity index (χ0n) is 35.0. The Morgan fingerprint density at radius 3 is 1.26 bits per heavy atom. The maximum Gasteiger partial charge on any atom is 0.400 e. The first-order valence-electron chi connectivity index (χ1n) is 21.6. The molecule has 0 aliphatic carbocycles. The molecule has 0 saturated heterocycles. The zero-order chi connectivity index (χ0) is 40.2. The molecule has 0 amide bonds. The van der Waals surface area contributed by atoms with Crippen LogP contribution in [0.3, 0.4) is 0 Å². The summed E-state index contributed by atoms with van der Waals surface area (Å²) in [7, 11) is -4.44. The van der Waals surface area contributed by atoms with Gasteiger partial charge in [0.2, 0.25) is 0 Å². The molecule has 2 aliphatic heterocycles. The van der Waals surface area contributed by atoms with Crippen molar-refractivity contribution in [2.45, 2.75) is 103 Å². The van der Waals surface area contributed by atoms with Gasteiger partial charge in [-0.1, -0.05) is 101 Å². The molecule has 0 fully saturated rings. The molecule has 57 heavy (non-hydrogen) atoms. The monoisotopic (exact) mass is 820 g/mol. The van der Waals surface area contributed by atoms with Crippen molar-refractivity contribution in [2.75, 3.05) is 105 Å².